The number of rotatable bonds is 11. The molecule has 2 saturated heterocycles. The minimum Gasteiger partial charge on any atom is -0.465 e. The smallest absolute Gasteiger partial charge is 0.407 e. The molecule has 3 aromatic heterocycles. The maximum Gasteiger partial charge on any atom is 0.407 e. The summed E-state index contributed by atoms with van der Waals surface area (Å²) in [5.41, 5.74) is 4.04. The van der Waals surface area contributed by atoms with Crippen LogP contribution < -0.4 is 10.6 Å². The van der Waals surface area contributed by atoms with Crippen LogP contribution in [0.25, 0.3) is 34.2 Å². The molecule has 4 amide bonds. The van der Waals surface area contributed by atoms with E-state index in [2.05, 4.69) is 25.6 Å². The van der Waals surface area contributed by atoms with Crippen LogP contribution in [0, 0.1) is 0 Å². The average Bonchev–Trinajstić information content (AvgIpc) is 4.11. The van der Waals surface area contributed by atoms with E-state index in [0.29, 0.717) is 71.7 Å². The number of hydrogen-bond donors (Lipinski definition) is 5. The Morgan fingerprint density at radius 2 is 1.26 bits per heavy atom. The maximum atomic E-state index is 13.9. The Kier molecular flexibility index (Phi) is 10.7. The van der Waals surface area contributed by atoms with Crippen LogP contribution >= 0.6 is 0 Å². The van der Waals surface area contributed by atoms with Gasteiger partial charge < -0.3 is 44.7 Å². The van der Waals surface area contributed by atoms with Crippen LogP contribution in [-0.2, 0) is 14.3 Å². The topological polar surface area (TPSA) is 212 Å². The summed E-state index contributed by atoms with van der Waals surface area (Å²) >= 11 is 0. The Morgan fingerprint density at radius 3 is 1.81 bits per heavy atom. The van der Waals surface area contributed by atoms with Crippen LogP contribution in [0.4, 0.5) is 9.59 Å². The minimum absolute atomic E-state index is 0.261. The van der Waals surface area contributed by atoms with Gasteiger partial charge >= 0.3 is 12.2 Å². The lowest BCUT2D eigenvalue weighted by Crippen LogP contribution is -2.42. The number of hydrogen-bond acceptors (Lipinski definition) is 9. The number of ether oxygens (including phenoxy) is 1. The third-order valence-electron chi connectivity index (χ3n) is 10.6. The monoisotopic (exact) mass is 783 g/mol. The van der Waals surface area contributed by atoms with Gasteiger partial charge in [-0.15, -0.1) is 0 Å². The van der Waals surface area contributed by atoms with E-state index < -0.39 is 24.3 Å². The first-order valence-electron chi connectivity index (χ1n) is 19.0. The number of aromatic amines is 2. The number of nitrogens with one attached hydrogen (secondary N) is 4. The first-order chi connectivity index (χ1) is 28.3. The Bertz CT molecular complexity index is 2390. The van der Waals surface area contributed by atoms with E-state index in [1.54, 1.807) is 64.8 Å². The van der Waals surface area contributed by atoms with Gasteiger partial charge in [-0.3, -0.25) is 9.59 Å². The fourth-order valence-electron chi connectivity index (χ4n) is 7.73. The van der Waals surface area contributed by atoms with Gasteiger partial charge in [0.15, 0.2) is 5.76 Å². The highest BCUT2D eigenvalue weighted by atomic mass is 16.5. The Labute approximate surface area is 332 Å². The lowest BCUT2D eigenvalue weighted by Gasteiger charge is -2.28. The molecule has 6 aromatic rings. The second kappa shape index (κ2) is 16.5. The van der Waals surface area contributed by atoms with E-state index in [0.717, 1.165) is 24.0 Å². The Balaban J connectivity index is 0.940. The predicted molar refractivity (Wildman–Crippen MR) is 210 cm³/mol. The summed E-state index contributed by atoms with van der Waals surface area (Å²) in [6.07, 6.45) is 6.08. The molecule has 16 nitrogen and oxygen atoms in total. The molecule has 16 heteroatoms. The van der Waals surface area contributed by atoms with Crippen molar-refractivity contribution in [3.8, 4) is 34.2 Å². The molecule has 0 spiro atoms. The average molecular weight is 784 g/mol. The molecule has 2 aliphatic heterocycles. The van der Waals surface area contributed by atoms with E-state index in [-0.39, 0.29) is 23.9 Å². The second-order valence-corrected chi connectivity index (χ2v) is 14.1. The van der Waals surface area contributed by atoms with Crippen molar-refractivity contribution in [2.24, 2.45) is 0 Å². The van der Waals surface area contributed by atoms with Crippen molar-refractivity contribution in [1.29, 1.82) is 0 Å². The normalized spacial score (nSPS) is 17.5. The molecule has 296 valence electrons. The molecular weight excluding hydrogens is 743 g/mol. The molecule has 5 N–H and O–H groups in total. The number of imidazole rings is 2. The quantitative estimate of drug-likeness (QED) is 0.0956. The lowest BCUT2D eigenvalue weighted by atomic mass is 10.1. The van der Waals surface area contributed by atoms with Crippen molar-refractivity contribution < 1.29 is 33.4 Å². The van der Waals surface area contributed by atoms with Crippen molar-refractivity contribution >= 4 is 24.0 Å². The van der Waals surface area contributed by atoms with Crippen LogP contribution in [0.3, 0.4) is 0 Å². The highest BCUT2D eigenvalue weighted by molar-refractivity contribution is 5.88. The summed E-state index contributed by atoms with van der Waals surface area (Å²) in [7, 11) is 1.26. The number of benzene rings is 3. The van der Waals surface area contributed by atoms with Gasteiger partial charge in [0.25, 0.3) is 11.8 Å². The van der Waals surface area contributed by atoms with Gasteiger partial charge in [0, 0.05) is 36.6 Å². The number of methoxy groups -OCH3 is 1. The van der Waals surface area contributed by atoms with E-state index in [4.69, 9.17) is 19.1 Å². The summed E-state index contributed by atoms with van der Waals surface area (Å²) in [5, 5.41) is 14.6. The molecule has 0 saturated carbocycles. The highest BCUT2D eigenvalue weighted by Gasteiger charge is 2.38. The first-order valence-corrected chi connectivity index (χ1v) is 19.0. The van der Waals surface area contributed by atoms with Crippen molar-refractivity contribution in [3.63, 3.8) is 0 Å². The van der Waals surface area contributed by atoms with E-state index in [9.17, 15) is 24.3 Å². The Morgan fingerprint density at radius 1 is 0.741 bits per heavy atom. The van der Waals surface area contributed by atoms with Gasteiger partial charge in [-0.25, -0.2) is 24.5 Å². The molecule has 4 atom stereocenters. The number of carbonyl (C=O) groups excluding carboxylic acids is 3. The van der Waals surface area contributed by atoms with Crippen LogP contribution in [0.2, 0.25) is 0 Å². The van der Waals surface area contributed by atoms with Crippen molar-refractivity contribution in [1.82, 2.24) is 45.4 Å². The molecule has 0 aliphatic carbocycles. The fourth-order valence-corrected chi connectivity index (χ4v) is 7.73. The van der Waals surface area contributed by atoms with Gasteiger partial charge in [-0.1, -0.05) is 84.9 Å². The largest absolute Gasteiger partial charge is 0.465 e. The summed E-state index contributed by atoms with van der Waals surface area (Å²) in [6.45, 7) is 0.992. The number of carboxylic acid groups (broad SMARTS) is 1. The standard InChI is InChI=1S/C42H41N9O7/c1-57-42(56)49-35(28-12-6-3-7-13-28)40(53)51-21-9-15-32(51)37-44-23-30(47-37)38-45-24-33(58-38)26-18-16-25(17-19-26)29-22-43-36(46-29)31-14-8-20-50(31)39(52)34(48-41(54)55)27-10-4-2-5-11-27/h2-7,10-13,16-19,22-24,31-32,34-35,48H,8-9,14-15,20-21H2,1H3,(H,43,46)(H,44,47)(H,49,56)(H,54,55)/t31-,32-,34+,35+/m0/s1. The number of nitrogens with zero attached hydrogens (tertiary/aromatic N) is 5. The molecule has 2 aliphatic rings. The van der Waals surface area contributed by atoms with Crippen molar-refractivity contribution in [2.75, 3.05) is 20.2 Å². The van der Waals surface area contributed by atoms with Crippen LogP contribution in [0.5, 0.6) is 0 Å². The molecule has 58 heavy (non-hydrogen) atoms. The summed E-state index contributed by atoms with van der Waals surface area (Å²) in [4.78, 5) is 75.4. The molecular formula is C42H41N9O7. The van der Waals surface area contributed by atoms with Gasteiger partial charge in [0.05, 0.1) is 31.1 Å². The molecule has 2 fully saturated rings. The van der Waals surface area contributed by atoms with Crippen LogP contribution in [0.15, 0.2) is 108 Å². The molecule has 3 aromatic carbocycles. The van der Waals surface area contributed by atoms with Gasteiger partial charge in [0.1, 0.15) is 29.4 Å². The third-order valence-corrected chi connectivity index (χ3v) is 10.6. The number of carbonyl (C=O) groups is 4. The van der Waals surface area contributed by atoms with Gasteiger partial charge in [-0.2, -0.15) is 0 Å². The molecule has 8 rings (SSSR count). The molecule has 0 radical (unpaired) electrons. The van der Waals surface area contributed by atoms with Crippen molar-refractivity contribution in [2.45, 2.75) is 49.9 Å². The first kappa shape index (κ1) is 37.7. The highest BCUT2D eigenvalue weighted by Crippen LogP contribution is 2.36. The minimum atomic E-state index is -1.27. The SMILES string of the molecule is COC(=O)N[C@@H](C(=O)N1CCC[C@H]1c1nc(-c2ncc(-c3ccc(-c4c[nH]c([C@@H]5CCCN5C(=O)[C@H](NC(=O)O)c5ccccc5)n4)cc3)o2)c[nH]1)c1ccccc1. The fraction of sp³-hybridized carbons (Fsp3) is 0.262. The number of alkyl carbamates (subject to hydrolysis) is 1. The summed E-state index contributed by atoms with van der Waals surface area (Å²) < 4.78 is 11.0. The zero-order valence-corrected chi connectivity index (χ0v) is 31.5. The van der Waals surface area contributed by atoms with E-state index in [1.165, 1.54) is 7.11 Å². The lowest BCUT2D eigenvalue weighted by molar-refractivity contribution is -0.135. The number of oxazole rings is 1. The summed E-state index contributed by atoms with van der Waals surface area (Å²) in [5.74, 6) is 1.48. The van der Waals surface area contributed by atoms with Crippen molar-refractivity contribution in [3.05, 3.63) is 126 Å². The second-order valence-electron chi connectivity index (χ2n) is 14.1. The molecule has 0 unspecified atom stereocenters. The van der Waals surface area contributed by atoms with Crippen LogP contribution in [-0.4, -0.2) is 84.0 Å². The number of likely N-dealkylation sites (tertiary alicyclic amines) is 2. The summed E-state index contributed by atoms with van der Waals surface area (Å²) in [6, 6.07) is 22.9. The number of H-pyrrole nitrogens is 2. The van der Waals surface area contributed by atoms with Gasteiger partial charge in [-0.05, 0) is 36.8 Å². The van der Waals surface area contributed by atoms with E-state index >= 15 is 0 Å². The Hall–Kier alpha value is -7.23. The third kappa shape index (κ3) is 7.76. The zero-order valence-electron chi connectivity index (χ0n) is 31.5. The zero-order chi connectivity index (χ0) is 40.2. The number of amides is 4. The maximum absolute atomic E-state index is 13.9. The van der Waals surface area contributed by atoms with Crippen LogP contribution in [0.1, 0.15) is 72.6 Å². The van der Waals surface area contributed by atoms with Gasteiger partial charge in [0.2, 0.25) is 5.89 Å². The number of aromatic nitrogens is 5. The molecule has 5 heterocycles. The van der Waals surface area contributed by atoms with E-state index in [1.807, 2.05) is 48.5 Å². The predicted octanol–water partition coefficient (Wildman–Crippen LogP) is 6.56. The molecule has 0 bridgehead atoms.